The van der Waals surface area contributed by atoms with Crippen LogP contribution < -0.4 is 15.5 Å². The van der Waals surface area contributed by atoms with Crippen molar-refractivity contribution < 1.29 is 27.3 Å². The third-order valence-corrected chi connectivity index (χ3v) is 5.62. The number of nitrogens with one attached hydrogen (secondary N) is 2. The number of rotatable bonds is 5. The Balaban J connectivity index is 1.49. The summed E-state index contributed by atoms with van der Waals surface area (Å²) in [5.41, 5.74) is 0.106. The Labute approximate surface area is 202 Å². The van der Waals surface area contributed by atoms with E-state index in [9.17, 15) is 28.1 Å². The van der Waals surface area contributed by atoms with Gasteiger partial charge in [-0.05, 0) is 55.4 Å². The van der Waals surface area contributed by atoms with E-state index in [0.717, 1.165) is 25.0 Å². The van der Waals surface area contributed by atoms with Gasteiger partial charge >= 0.3 is 6.18 Å². The van der Waals surface area contributed by atoms with E-state index in [4.69, 9.17) is 16.6 Å². The summed E-state index contributed by atoms with van der Waals surface area (Å²) >= 11 is 5.17. The van der Waals surface area contributed by atoms with Gasteiger partial charge in [0.1, 0.15) is 5.76 Å². The van der Waals surface area contributed by atoms with Gasteiger partial charge in [0.15, 0.2) is 10.9 Å². The van der Waals surface area contributed by atoms with Crippen molar-refractivity contribution in [3.63, 3.8) is 0 Å². The number of furan rings is 1. The lowest BCUT2D eigenvalue weighted by Gasteiger charge is -2.23. The van der Waals surface area contributed by atoms with E-state index in [0.29, 0.717) is 24.3 Å². The first-order chi connectivity index (χ1) is 16.6. The zero-order valence-electron chi connectivity index (χ0n) is 18.1. The number of nitrogens with zero attached hydrogens (tertiary/aromatic N) is 2. The molecule has 0 spiro atoms. The first-order valence-corrected chi connectivity index (χ1v) is 11.0. The van der Waals surface area contributed by atoms with Crippen LogP contribution in [0, 0.1) is 10.1 Å². The second-order valence-corrected chi connectivity index (χ2v) is 8.21. The maximum Gasteiger partial charge on any atom is 0.416 e. The van der Waals surface area contributed by atoms with Crippen molar-refractivity contribution in [2.24, 2.45) is 0 Å². The molecule has 0 unspecified atom stereocenters. The smallest absolute Gasteiger partial charge is 0.416 e. The average Bonchev–Trinajstić information content (AvgIpc) is 3.51. The largest absolute Gasteiger partial charge is 0.451 e. The summed E-state index contributed by atoms with van der Waals surface area (Å²) in [6.07, 6.45) is -2.69. The number of thiocarbonyl (C=S) groups is 1. The van der Waals surface area contributed by atoms with E-state index in [1.54, 1.807) is 6.07 Å². The molecule has 1 fully saturated rings. The molecule has 2 N–H and O–H groups in total. The van der Waals surface area contributed by atoms with Crippen molar-refractivity contribution in [2.75, 3.05) is 23.3 Å². The molecule has 4 rings (SSSR count). The van der Waals surface area contributed by atoms with Gasteiger partial charge in [0, 0.05) is 30.8 Å². The van der Waals surface area contributed by atoms with Crippen molar-refractivity contribution in [3.8, 4) is 11.3 Å². The van der Waals surface area contributed by atoms with E-state index in [1.165, 1.54) is 36.4 Å². The Morgan fingerprint density at radius 1 is 1.09 bits per heavy atom. The summed E-state index contributed by atoms with van der Waals surface area (Å²) in [6.45, 7) is 1.40. The number of carbonyl (C=O) groups is 1. The number of nitro benzene ring substituents is 1. The van der Waals surface area contributed by atoms with Crippen LogP contribution in [0.25, 0.3) is 11.3 Å². The number of non-ortho nitro benzene ring substituents is 1. The van der Waals surface area contributed by atoms with Gasteiger partial charge in [0.05, 0.1) is 21.9 Å². The zero-order valence-corrected chi connectivity index (χ0v) is 18.9. The Kier molecular flexibility index (Phi) is 6.74. The molecule has 1 aliphatic heterocycles. The van der Waals surface area contributed by atoms with Crippen molar-refractivity contribution >= 4 is 40.3 Å². The van der Waals surface area contributed by atoms with Crippen molar-refractivity contribution in [1.29, 1.82) is 0 Å². The van der Waals surface area contributed by atoms with Gasteiger partial charge < -0.3 is 14.6 Å². The average molecular weight is 504 g/mol. The molecule has 8 nitrogen and oxygen atoms in total. The first kappa shape index (κ1) is 24.2. The fourth-order valence-electron chi connectivity index (χ4n) is 3.75. The summed E-state index contributed by atoms with van der Waals surface area (Å²) in [6, 6.07) is 11.9. The molecule has 12 heteroatoms. The number of nitro groups is 1. The van der Waals surface area contributed by atoms with Gasteiger partial charge in [-0.3, -0.25) is 20.2 Å². The SMILES string of the molecule is O=C(NC(=S)Nc1cc(C(F)(F)F)ccc1N1CCCC1)c1ccc(-c2cccc([N+](=O)[O-])c2)o1. The summed E-state index contributed by atoms with van der Waals surface area (Å²) < 4.78 is 45.3. The number of benzene rings is 2. The molecule has 0 aliphatic carbocycles. The van der Waals surface area contributed by atoms with Crippen molar-refractivity contribution in [1.82, 2.24) is 5.32 Å². The summed E-state index contributed by atoms with van der Waals surface area (Å²) in [5, 5.41) is 15.9. The van der Waals surface area contributed by atoms with Crippen LogP contribution in [0.4, 0.5) is 30.2 Å². The normalized spacial score (nSPS) is 13.5. The summed E-state index contributed by atoms with van der Waals surface area (Å²) in [5.74, 6) is -0.625. The van der Waals surface area contributed by atoms with Gasteiger partial charge in [-0.15, -0.1) is 0 Å². The molecule has 0 atom stereocenters. The van der Waals surface area contributed by atoms with E-state index < -0.39 is 22.6 Å². The Morgan fingerprint density at radius 3 is 2.51 bits per heavy atom. The van der Waals surface area contributed by atoms with E-state index in [-0.39, 0.29) is 28.0 Å². The fourth-order valence-corrected chi connectivity index (χ4v) is 3.96. The van der Waals surface area contributed by atoms with Crippen LogP contribution in [0.3, 0.4) is 0 Å². The third-order valence-electron chi connectivity index (χ3n) is 5.42. The van der Waals surface area contributed by atoms with Crippen LogP contribution >= 0.6 is 12.2 Å². The lowest BCUT2D eigenvalue weighted by Crippen LogP contribution is -2.34. The molecule has 2 aromatic carbocycles. The molecule has 2 heterocycles. The van der Waals surface area contributed by atoms with Crippen LogP contribution in [-0.4, -0.2) is 29.0 Å². The number of anilines is 2. The molecule has 3 aromatic rings. The quantitative estimate of drug-likeness (QED) is 0.265. The van der Waals surface area contributed by atoms with Gasteiger partial charge in [0.25, 0.3) is 11.6 Å². The van der Waals surface area contributed by atoms with E-state index in [1.807, 2.05) is 4.90 Å². The molecule has 1 amide bonds. The molecule has 0 radical (unpaired) electrons. The lowest BCUT2D eigenvalue weighted by molar-refractivity contribution is -0.384. The second kappa shape index (κ2) is 9.74. The highest BCUT2D eigenvalue weighted by Crippen LogP contribution is 2.36. The number of carbonyl (C=O) groups excluding carboxylic acids is 1. The first-order valence-electron chi connectivity index (χ1n) is 10.5. The van der Waals surface area contributed by atoms with Crippen LogP contribution in [0.1, 0.15) is 29.0 Å². The second-order valence-electron chi connectivity index (χ2n) is 7.80. The maximum absolute atomic E-state index is 13.3. The number of hydrogen-bond acceptors (Lipinski definition) is 6. The number of halogens is 3. The number of hydrogen-bond donors (Lipinski definition) is 2. The molecule has 182 valence electrons. The molecule has 0 saturated carbocycles. The zero-order chi connectivity index (χ0) is 25.2. The Bertz CT molecular complexity index is 1290. The van der Waals surface area contributed by atoms with Crippen molar-refractivity contribution in [3.05, 3.63) is 76.0 Å². The highest BCUT2D eigenvalue weighted by Gasteiger charge is 2.32. The Morgan fingerprint density at radius 2 is 1.83 bits per heavy atom. The highest BCUT2D eigenvalue weighted by molar-refractivity contribution is 7.80. The standard InChI is InChI=1S/C23H19F3N4O4S/c24-23(25,26)15-6-7-18(29-10-1-2-11-29)17(13-15)27-22(35)28-21(31)20-9-8-19(34-20)14-4-3-5-16(12-14)30(32)33/h3-9,12-13H,1-2,10-11H2,(H2,27,28,31,35). The molecule has 1 aromatic heterocycles. The van der Waals surface area contributed by atoms with Crippen LogP contribution in [0.15, 0.2) is 59.0 Å². The topological polar surface area (TPSA) is 101 Å². The predicted molar refractivity (Wildman–Crippen MR) is 127 cm³/mol. The van der Waals surface area contributed by atoms with Crippen LogP contribution in [-0.2, 0) is 6.18 Å². The third kappa shape index (κ3) is 5.60. The maximum atomic E-state index is 13.3. The van der Waals surface area contributed by atoms with Gasteiger partial charge in [0.2, 0.25) is 0 Å². The number of amides is 1. The van der Waals surface area contributed by atoms with E-state index in [2.05, 4.69) is 10.6 Å². The van der Waals surface area contributed by atoms with Gasteiger partial charge in [-0.25, -0.2) is 0 Å². The molecule has 1 aliphatic rings. The lowest BCUT2D eigenvalue weighted by atomic mass is 10.1. The summed E-state index contributed by atoms with van der Waals surface area (Å²) in [7, 11) is 0. The molecule has 0 bridgehead atoms. The predicted octanol–water partition coefficient (Wildman–Crippen LogP) is 5.60. The molecular weight excluding hydrogens is 485 g/mol. The molecule has 1 saturated heterocycles. The van der Waals surface area contributed by atoms with Crippen molar-refractivity contribution in [2.45, 2.75) is 19.0 Å². The minimum atomic E-state index is -4.54. The van der Waals surface area contributed by atoms with E-state index >= 15 is 0 Å². The minimum Gasteiger partial charge on any atom is -0.451 e. The monoisotopic (exact) mass is 504 g/mol. The highest BCUT2D eigenvalue weighted by atomic mass is 32.1. The van der Waals surface area contributed by atoms with Gasteiger partial charge in [-0.2, -0.15) is 13.2 Å². The fraction of sp³-hybridized carbons (Fsp3) is 0.217. The van der Waals surface area contributed by atoms with Crippen LogP contribution in [0.2, 0.25) is 0 Å². The van der Waals surface area contributed by atoms with Crippen LogP contribution in [0.5, 0.6) is 0 Å². The molecular formula is C23H19F3N4O4S. The molecule has 35 heavy (non-hydrogen) atoms. The number of alkyl halides is 3. The Hall–Kier alpha value is -3.93. The summed E-state index contributed by atoms with van der Waals surface area (Å²) in [4.78, 5) is 25.0. The van der Waals surface area contributed by atoms with Gasteiger partial charge in [-0.1, -0.05) is 12.1 Å². The minimum absolute atomic E-state index is 0.125.